The Balaban J connectivity index is 1.64. The third kappa shape index (κ3) is 4.54. The van der Waals surface area contributed by atoms with Gasteiger partial charge >= 0.3 is 0 Å². The maximum atomic E-state index is 5.97. The lowest BCUT2D eigenvalue weighted by atomic mass is 10.2. The van der Waals surface area contributed by atoms with Gasteiger partial charge in [-0.15, -0.1) is 0 Å². The van der Waals surface area contributed by atoms with E-state index in [4.69, 9.17) is 16.3 Å². The van der Waals surface area contributed by atoms with E-state index in [2.05, 4.69) is 21.2 Å². The molecule has 1 aromatic carbocycles. The standard InChI is InChI=1S/C14H19BrClNO/c15-14-6-5-12(16)9-11(14)10-17-7-8-18-13-3-1-2-4-13/h5-6,9,13,17H,1-4,7-8,10H2. The van der Waals surface area contributed by atoms with Gasteiger partial charge in [0.15, 0.2) is 0 Å². The molecule has 1 N–H and O–H groups in total. The fraction of sp³-hybridized carbons (Fsp3) is 0.571. The molecule has 1 aromatic rings. The van der Waals surface area contributed by atoms with Gasteiger partial charge in [-0.1, -0.05) is 40.4 Å². The van der Waals surface area contributed by atoms with Crippen LogP contribution in [0.2, 0.25) is 5.02 Å². The lowest BCUT2D eigenvalue weighted by Crippen LogP contribution is -2.22. The molecule has 4 heteroatoms. The van der Waals surface area contributed by atoms with Crippen LogP contribution in [0.1, 0.15) is 31.2 Å². The monoisotopic (exact) mass is 331 g/mol. The van der Waals surface area contributed by atoms with E-state index in [1.165, 1.54) is 31.2 Å². The highest BCUT2D eigenvalue weighted by Crippen LogP contribution is 2.21. The molecular formula is C14H19BrClNO. The van der Waals surface area contributed by atoms with E-state index in [1.54, 1.807) is 0 Å². The second-order valence-electron chi connectivity index (χ2n) is 4.69. The first kappa shape index (κ1) is 14.3. The molecule has 0 aromatic heterocycles. The average molecular weight is 333 g/mol. The van der Waals surface area contributed by atoms with E-state index in [-0.39, 0.29) is 0 Å². The molecule has 0 spiro atoms. The second-order valence-corrected chi connectivity index (χ2v) is 5.98. The van der Waals surface area contributed by atoms with Gasteiger partial charge in [0, 0.05) is 22.6 Å². The molecule has 2 rings (SSSR count). The van der Waals surface area contributed by atoms with Crippen molar-refractivity contribution in [3.63, 3.8) is 0 Å². The summed E-state index contributed by atoms with van der Waals surface area (Å²) in [7, 11) is 0. The van der Waals surface area contributed by atoms with Crippen LogP contribution in [0.15, 0.2) is 22.7 Å². The van der Waals surface area contributed by atoms with Gasteiger partial charge in [-0.25, -0.2) is 0 Å². The van der Waals surface area contributed by atoms with Crippen molar-refractivity contribution in [1.82, 2.24) is 5.32 Å². The van der Waals surface area contributed by atoms with E-state index in [0.717, 1.165) is 29.2 Å². The highest BCUT2D eigenvalue weighted by Gasteiger charge is 2.14. The maximum absolute atomic E-state index is 5.97. The van der Waals surface area contributed by atoms with Crippen molar-refractivity contribution in [1.29, 1.82) is 0 Å². The zero-order valence-corrected chi connectivity index (χ0v) is 12.8. The molecule has 0 aliphatic heterocycles. The van der Waals surface area contributed by atoms with Crippen molar-refractivity contribution >= 4 is 27.5 Å². The predicted molar refractivity (Wildman–Crippen MR) is 79.1 cm³/mol. The molecule has 0 unspecified atom stereocenters. The molecule has 0 saturated heterocycles. The van der Waals surface area contributed by atoms with Crippen LogP contribution < -0.4 is 5.32 Å². The molecule has 18 heavy (non-hydrogen) atoms. The van der Waals surface area contributed by atoms with E-state index in [1.807, 2.05) is 18.2 Å². The van der Waals surface area contributed by atoms with Gasteiger partial charge in [0.2, 0.25) is 0 Å². The van der Waals surface area contributed by atoms with Crippen molar-refractivity contribution in [2.45, 2.75) is 38.3 Å². The molecule has 0 heterocycles. The molecule has 0 atom stereocenters. The lowest BCUT2D eigenvalue weighted by Gasteiger charge is -2.12. The Morgan fingerprint density at radius 2 is 2.11 bits per heavy atom. The number of nitrogens with one attached hydrogen (secondary N) is 1. The summed E-state index contributed by atoms with van der Waals surface area (Å²) in [6.07, 6.45) is 5.63. The molecule has 1 aliphatic carbocycles. The fourth-order valence-electron chi connectivity index (χ4n) is 2.25. The minimum atomic E-state index is 0.504. The van der Waals surface area contributed by atoms with Gasteiger partial charge in [-0.2, -0.15) is 0 Å². The van der Waals surface area contributed by atoms with E-state index < -0.39 is 0 Å². The first-order valence-electron chi connectivity index (χ1n) is 6.52. The molecule has 1 aliphatic rings. The third-order valence-electron chi connectivity index (χ3n) is 3.26. The van der Waals surface area contributed by atoms with Crippen molar-refractivity contribution in [2.24, 2.45) is 0 Å². The largest absolute Gasteiger partial charge is 0.377 e. The van der Waals surface area contributed by atoms with Gasteiger partial charge < -0.3 is 10.1 Å². The predicted octanol–water partition coefficient (Wildman–Crippen LogP) is 4.15. The molecule has 1 fully saturated rings. The number of benzene rings is 1. The first-order valence-corrected chi connectivity index (χ1v) is 7.69. The van der Waals surface area contributed by atoms with Crippen LogP contribution in [0.25, 0.3) is 0 Å². The Labute approximate surface area is 122 Å². The molecule has 0 bridgehead atoms. The third-order valence-corrected chi connectivity index (χ3v) is 4.27. The Kier molecular flexibility index (Phi) is 5.96. The van der Waals surface area contributed by atoms with Gasteiger partial charge in [0.05, 0.1) is 12.7 Å². The summed E-state index contributed by atoms with van der Waals surface area (Å²) in [5.74, 6) is 0. The molecule has 2 nitrogen and oxygen atoms in total. The molecule has 0 radical (unpaired) electrons. The minimum Gasteiger partial charge on any atom is -0.377 e. The molecule has 100 valence electrons. The number of hydrogen-bond donors (Lipinski definition) is 1. The number of rotatable bonds is 6. The van der Waals surface area contributed by atoms with Crippen molar-refractivity contribution in [3.8, 4) is 0 Å². The summed E-state index contributed by atoms with van der Waals surface area (Å²) >= 11 is 9.49. The van der Waals surface area contributed by atoms with E-state index >= 15 is 0 Å². The summed E-state index contributed by atoms with van der Waals surface area (Å²) in [5, 5.41) is 4.16. The molecular weight excluding hydrogens is 314 g/mol. The normalized spacial score (nSPS) is 16.3. The molecule has 1 saturated carbocycles. The smallest absolute Gasteiger partial charge is 0.0594 e. The quantitative estimate of drug-likeness (QED) is 0.790. The topological polar surface area (TPSA) is 21.3 Å². The first-order chi connectivity index (χ1) is 8.75. The van der Waals surface area contributed by atoms with E-state index in [0.29, 0.717) is 6.10 Å². The van der Waals surface area contributed by atoms with Crippen LogP contribution in [0.4, 0.5) is 0 Å². The van der Waals surface area contributed by atoms with Crippen LogP contribution in [-0.4, -0.2) is 19.3 Å². The second kappa shape index (κ2) is 7.49. The Morgan fingerprint density at radius 1 is 1.33 bits per heavy atom. The van der Waals surface area contributed by atoms with Crippen LogP contribution in [-0.2, 0) is 11.3 Å². The zero-order chi connectivity index (χ0) is 12.8. The van der Waals surface area contributed by atoms with Crippen molar-refractivity contribution in [3.05, 3.63) is 33.3 Å². The Hall–Kier alpha value is -0.0900. The van der Waals surface area contributed by atoms with Crippen LogP contribution in [0.3, 0.4) is 0 Å². The number of ether oxygens (including phenoxy) is 1. The average Bonchev–Trinajstić information content (AvgIpc) is 2.86. The minimum absolute atomic E-state index is 0.504. The Bertz CT molecular complexity index is 380. The van der Waals surface area contributed by atoms with Gasteiger partial charge in [-0.3, -0.25) is 0 Å². The number of hydrogen-bond acceptors (Lipinski definition) is 2. The number of halogens is 2. The van der Waals surface area contributed by atoms with Crippen LogP contribution in [0.5, 0.6) is 0 Å². The van der Waals surface area contributed by atoms with Gasteiger partial charge in [0.25, 0.3) is 0 Å². The van der Waals surface area contributed by atoms with Gasteiger partial charge in [0.1, 0.15) is 0 Å². The molecule has 0 amide bonds. The highest BCUT2D eigenvalue weighted by atomic mass is 79.9. The van der Waals surface area contributed by atoms with Gasteiger partial charge in [-0.05, 0) is 36.6 Å². The van der Waals surface area contributed by atoms with Crippen molar-refractivity contribution < 1.29 is 4.74 Å². The Morgan fingerprint density at radius 3 is 2.89 bits per heavy atom. The maximum Gasteiger partial charge on any atom is 0.0594 e. The zero-order valence-electron chi connectivity index (χ0n) is 10.4. The van der Waals surface area contributed by atoms with Crippen LogP contribution >= 0.6 is 27.5 Å². The highest BCUT2D eigenvalue weighted by molar-refractivity contribution is 9.10. The van der Waals surface area contributed by atoms with E-state index in [9.17, 15) is 0 Å². The SMILES string of the molecule is Clc1ccc(Br)c(CNCCOC2CCCC2)c1. The van der Waals surface area contributed by atoms with Crippen molar-refractivity contribution in [2.75, 3.05) is 13.2 Å². The summed E-state index contributed by atoms with van der Waals surface area (Å²) in [6, 6.07) is 5.85. The summed E-state index contributed by atoms with van der Waals surface area (Å²) in [4.78, 5) is 0. The fourth-order valence-corrected chi connectivity index (χ4v) is 2.84. The summed E-state index contributed by atoms with van der Waals surface area (Å²) < 4.78 is 6.89. The lowest BCUT2D eigenvalue weighted by molar-refractivity contribution is 0.0602. The summed E-state index contributed by atoms with van der Waals surface area (Å²) in [5.41, 5.74) is 1.18. The van der Waals surface area contributed by atoms with Crippen LogP contribution in [0, 0.1) is 0 Å². The summed E-state index contributed by atoms with van der Waals surface area (Å²) in [6.45, 7) is 2.49.